The molecule has 4 aromatic rings. The van der Waals surface area contributed by atoms with Crippen LogP contribution in [0.4, 0.5) is 5.69 Å². The average Bonchev–Trinajstić information content (AvgIpc) is 3.43. The molecule has 1 aliphatic carbocycles. The van der Waals surface area contributed by atoms with Crippen LogP contribution in [0.25, 0.3) is 10.9 Å². The average molecular weight is 471 g/mol. The lowest BCUT2D eigenvalue weighted by atomic mass is 10.1. The Bertz CT molecular complexity index is 1120. The van der Waals surface area contributed by atoms with Crippen molar-refractivity contribution in [3.63, 3.8) is 0 Å². The highest BCUT2D eigenvalue weighted by Gasteiger charge is 2.32. The second-order valence-electron chi connectivity index (χ2n) is 6.97. The maximum absolute atomic E-state index is 6.12. The Hall–Kier alpha value is -2.44. The van der Waals surface area contributed by atoms with Crippen molar-refractivity contribution >= 4 is 40.1 Å². The molecule has 1 atom stereocenters. The fourth-order valence-corrected chi connectivity index (χ4v) is 4.06. The van der Waals surface area contributed by atoms with E-state index in [1.165, 1.54) is 0 Å². The van der Waals surface area contributed by atoms with E-state index in [2.05, 4.69) is 49.9 Å². The number of nitrogens with one attached hydrogen (secondary N) is 1. The van der Waals surface area contributed by atoms with Gasteiger partial charge >= 0.3 is 0 Å². The summed E-state index contributed by atoms with van der Waals surface area (Å²) in [6.45, 7) is 8.00. The smallest absolute Gasteiger partial charge is 0.243 e. The van der Waals surface area contributed by atoms with Crippen LogP contribution in [-0.4, -0.2) is 21.0 Å². The number of nitrogens with zero attached hydrogens (tertiary/aromatic N) is 3. The van der Waals surface area contributed by atoms with E-state index in [1.54, 1.807) is 11.9 Å². The van der Waals surface area contributed by atoms with E-state index in [0.717, 1.165) is 40.9 Å². The first kappa shape index (κ1) is 24.2. The molecule has 1 N–H and O–H groups in total. The van der Waals surface area contributed by atoms with Crippen LogP contribution < -0.4 is 4.72 Å². The summed E-state index contributed by atoms with van der Waals surface area (Å²) in [6.07, 6.45) is 6.35. The largest absolute Gasteiger partial charge is 0.422 e. The topological polar surface area (TPSA) is 55.9 Å². The van der Waals surface area contributed by atoms with E-state index < -0.39 is 0 Å². The number of hydrogen-bond donors (Lipinski definition) is 1. The summed E-state index contributed by atoms with van der Waals surface area (Å²) in [5, 5.41) is 10.6. The van der Waals surface area contributed by atoms with Crippen molar-refractivity contribution in [2.45, 2.75) is 52.5 Å². The molecule has 2 aromatic carbocycles. The molecular weight excluding hydrogens is 440 g/mol. The van der Waals surface area contributed by atoms with Crippen LogP contribution in [0.3, 0.4) is 0 Å². The van der Waals surface area contributed by atoms with Crippen LogP contribution in [0.2, 0.25) is 5.02 Å². The number of aromatic nitrogens is 3. The van der Waals surface area contributed by atoms with Gasteiger partial charge in [-0.1, -0.05) is 69.4 Å². The van der Waals surface area contributed by atoms with E-state index in [0.29, 0.717) is 16.8 Å². The number of anilines is 1. The lowest BCUT2D eigenvalue weighted by molar-refractivity contribution is 0.418. The molecule has 0 aliphatic heterocycles. The van der Waals surface area contributed by atoms with Gasteiger partial charge in [-0.25, -0.2) is 0 Å². The molecule has 1 unspecified atom stereocenters. The normalized spacial score (nSPS) is 13.6. The van der Waals surface area contributed by atoms with Crippen LogP contribution in [0, 0.1) is 0 Å². The van der Waals surface area contributed by atoms with Gasteiger partial charge in [-0.2, -0.15) is 0 Å². The second-order valence-corrected chi connectivity index (χ2v) is 8.02. The van der Waals surface area contributed by atoms with Crippen molar-refractivity contribution in [3.05, 3.63) is 77.1 Å². The lowest BCUT2D eigenvalue weighted by Crippen LogP contribution is -2.12. The molecule has 0 spiro atoms. The summed E-state index contributed by atoms with van der Waals surface area (Å²) in [4.78, 5) is 0. The summed E-state index contributed by atoms with van der Waals surface area (Å²) in [5.41, 5.74) is 3.24. The molecule has 0 radical (unpaired) electrons. The zero-order valence-electron chi connectivity index (χ0n) is 19.3. The number of fused-ring (bicyclic) bond motifs is 1. The van der Waals surface area contributed by atoms with E-state index in [4.69, 9.17) is 16.0 Å². The van der Waals surface area contributed by atoms with Crippen LogP contribution in [0.1, 0.15) is 69.8 Å². The SMILES string of the molecule is CC.CC.CSNc1cccc2c1ccn2C(c1ccc(Cl)cc1)c1nnc(C2CC2)o1. The Balaban J connectivity index is 0.000000686. The Labute approximate surface area is 199 Å². The van der Waals surface area contributed by atoms with Crippen LogP contribution >= 0.6 is 23.5 Å². The molecular formula is C25H31ClN4OS. The summed E-state index contributed by atoms with van der Waals surface area (Å²) in [5.74, 6) is 1.77. The van der Waals surface area contributed by atoms with Gasteiger partial charge in [0, 0.05) is 28.8 Å². The Morgan fingerprint density at radius 2 is 1.75 bits per heavy atom. The molecule has 5 nitrogen and oxygen atoms in total. The Morgan fingerprint density at radius 1 is 1.03 bits per heavy atom. The molecule has 0 saturated heterocycles. The molecule has 7 heteroatoms. The minimum absolute atomic E-state index is 0.209. The molecule has 2 aromatic heterocycles. The molecule has 5 rings (SSSR count). The minimum Gasteiger partial charge on any atom is -0.422 e. The molecule has 32 heavy (non-hydrogen) atoms. The number of hydrogen-bond acceptors (Lipinski definition) is 5. The highest BCUT2D eigenvalue weighted by atomic mass is 35.5. The molecule has 1 aliphatic rings. The Morgan fingerprint density at radius 3 is 2.41 bits per heavy atom. The Kier molecular flexibility index (Phi) is 8.65. The van der Waals surface area contributed by atoms with Gasteiger partial charge in [0.2, 0.25) is 11.8 Å². The van der Waals surface area contributed by atoms with Crippen LogP contribution in [0.15, 0.2) is 59.1 Å². The molecule has 1 fully saturated rings. The standard InChI is InChI=1S/C21H19ClN4OS.2C2H6/c1-28-25-17-3-2-4-18-16(17)11-12-26(18)19(13-7-9-15(22)10-8-13)21-24-23-20(27-21)14-5-6-14;2*1-2/h2-4,7-12,14,19,25H,5-6H2,1H3;2*1-2H3. The number of halogens is 1. The first-order valence-electron chi connectivity index (χ1n) is 11.2. The fraction of sp³-hybridized carbons (Fsp3) is 0.360. The van der Waals surface area contributed by atoms with Crippen molar-refractivity contribution < 1.29 is 4.42 Å². The third kappa shape index (κ3) is 5.13. The van der Waals surface area contributed by atoms with E-state index in [1.807, 2.05) is 58.2 Å². The summed E-state index contributed by atoms with van der Waals surface area (Å²) in [6, 6.07) is 16.0. The van der Waals surface area contributed by atoms with Gasteiger partial charge in [0.1, 0.15) is 6.04 Å². The second kappa shape index (κ2) is 11.4. The van der Waals surface area contributed by atoms with Crippen molar-refractivity contribution in [3.8, 4) is 0 Å². The maximum Gasteiger partial charge on any atom is 0.243 e. The highest BCUT2D eigenvalue weighted by Crippen LogP contribution is 2.41. The van der Waals surface area contributed by atoms with Gasteiger partial charge in [0.05, 0.1) is 11.2 Å². The van der Waals surface area contributed by atoms with Gasteiger partial charge in [-0.05, 0) is 48.7 Å². The first-order chi connectivity index (χ1) is 15.7. The zero-order chi connectivity index (χ0) is 23.1. The van der Waals surface area contributed by atoms with Gasteiger partial charge in [-0.15, -0.1) is 10.2 Å². The molecule has 0 bridgehead atoms. The first-order valence-corrected chi connectivity index (χ1v) is 12.8. The van der Waals surface area contributed by atoms with Crippen LogP contribution in [-0.2, 0) is 0 Å². The summed E-state index contributed by atoms with van der Waals surface area (Å²) >= 11 is 7.70. The van der Waals surface area contributed by atoms with Gasteiger partial charge < -0.3 is 13.7 Å². The predicted molar refractivity (Wildman–Crippen MR) is 137 cm³/mol. The van der Waals surface area contributed by atoms with Crippen molar-refractivity contribution in [2.24, 2.45) is 0 Å². The van der Waals surface area contributed by atoms with Crippen molar-refractivity contribution in [1.29, 1.82) is 0 Å². The lowest BCUT2D eigenvalue weighted by Gasteiger charge is -2.18. The van der Waals surface area contributed by atoms with Crippen molar-refractivity contribution in [2.75, 3.05) is 11.0 Å². The third-order valence-electron chi connectivity index (χ3n) is 5.06. The van der Waals surface area contributed by atoms with Gasteiger partial charge in [-0.3, -0.25) is 0 Å². The van der Waals surface area contributed by atoms with E-state index in [9.17, 15) is 0 Å². The predicted octanol–water partition coefficient (Wildman–Crippen LogP) is 7.94. The molecule has 170 valence electrons. The van der Waals surface area contributed by atoms with Gasteiger partial charge in [0.25, 0.3) is 0 Å². The fourth-order valence-electron chi connectivity index (χ4n) is 3.53. The van der Waals surface area contributed by atoms with E-state index in [-0.39, 0.29) is 6.04 Å². The van der Waals surface area contributed by atoms with Gasteiger partial charge in [0.15, 0.2) is 0 Å². The minimum atomic E-state index is -0.209. The summed E-state index contributed by atoms with van der Waals surface area (Å²) in [7, 11) is 0. The molecule has 1 saturated carbocycles. The van der Waals surface area contributed by atoms with E-state index >= 15 is 0 Å². The monoisotopic (exact) mass is 470 g/mol. The third-order valence-corrected chi connectivity index (χ3v) is 5.73. The maximum atomic E-state index is 6.12. The highest BCUT2D eigenvalue weighted by molar-refractivity contribution is 7.99. The number of benzene rings is 2. The number of rotatable bonds is 6. The molecule has 2 heterocycles. The zero-order valence-corrected chi connectivity index (χ0v) is 20.9. The summed E-state index contributed by atoms with van der Waals surface area (Å²) < 4.78 is 11.6. The van der Waals surface area contributed by atoms with Crippen molar-refractivity contribution in [1.82, 2.24) is 14.8 Å². The quantitative estimate of drug-likeness (QED) is 0.290. The molecule has 0 amide bonds. The van der Waals surface area contributed by atoms with Crippen LogP contribution in [0.5, 0.6) is 0 Å².